The topological polar surface area (TPSA) is 72.8 Å². The van der Waals surface area contributed by atoms with Crippen LogP contribution in [0.1, 0.15) is 0 Å². The molecule has 0 unspecified atom stereocenters. The van der Waals surface area contributed by atoms with E-state index < -0.39 is 6.48 Å². The van der Waals surface area contributed by atoms with E-state index in [0.717, 1.165) is 0 Å². The van der Waals surface area contributed by atoms with Crippen LogP contribution in [0.4, 0.5) is 0 Å². The minimum Gasteiger partial charge on any atom is -0.720 e. The van der Waals surface area contributed by atoms with Gasteiger partial charge in [0, 0.05) is 0 Å². The highest BCUT2D eigenvalue weighted by Gasteiger charge is 1.77. The summed E-state index contributed by atoms with van der Waals surface area (Å²) in [4.78, 5) is 2.61. The highest BCUT2D eigenvalue weighted by atomic mass is 17.2. The molecule has 0 heterocycles. The fourth-order valence-corrected chi connectivity index (χ4v) is 0. The standard InChI is InChI=1S/CH4O4/c2-1(3)5-4/h1-4H/p-1. The summed E-state index contributed by atoms with van der Waals surface area (Å²) in [7, 11) is 0. The van der Waals surface area contributed by atoms with Gasteiger partial charge in [0.05, 0.1) is 0 Å². The van der Waals surface area contributed by atoms with Crippen molar-refractivity contribution in [3.05, 3.63) is 0 Å². The Bertz CT molecular complexity index is 17.6. The number of aliphatic hydroxyl groups is 2. The van der Waals surface area contributed by atoms with Crippen LogP contribution in [0, 0.1) is 0 Å². The van der Waals surface area contributed by atoms with Crippen LogP contribution < -0.4 is 5.26 Å². The Morgan fingerprint density at radius 1 is 1.60 bits per heavy atom. The Kier molecular flexibility index (Phi) is 2.03. The molecule has 0 rings (SSSR count). The Morgan fingerprint density at radius 2 is 1.80 bits per heavy atom. The average molecular weight is 79.0 g/mol. The SMILES string of the molecule is [O-]OC(O)O. The van der Waals surface area contributed by atoms with Gasteiger partial charge in [0.25, 0.3) is 6.48 Å². The van der Waals surface area contributed by atoms with Crippen molar-refractivity contribution in [2.75, 3.05) is 0 Å². The van der Waals surface area contributed by atoms with Crippen molar-refractivity contribution in [1.82, 2.24) is 0 Å². The first-order valence-electron chi connectivity index (χ1n) is 0.919. The van der Waals surface area contributed by atoms with Gasteiger partial charge in [-0.1, -0.05) is 0 Å². The summed E-state index contributed by atoms with van der Waals surface area (Å²) in [6.07, 6.45) is 0. The van der Waals surface area contributed by atoms with Crippen LogP contribution in [0.5, 0.6) is 0 Å². The maximum absolute atomic E-state index is 8.63. The smallest absolute Gasteiger partial charge is 0.257 e. The molecule has 4 heteroatoms. The summed E-state index contributed by atoms with van der Waals surface area (Å²) in [5, 5.41) is 23.4. The Labute approximate surface area is 28.2 Å². The van der Waals surface area contributed by atoms with Crippen molar-refractivity contribution in [2.45, 2.75) is 6.48 Å². The zero-order valence-corrected chi connectivity index (χ0v) is 2.29. The van der Waals surface area contributed by atoms with E-state index in [2.05, 4.69) is 4.89 Å². The molecule has 0 aliphatic heterocycles. The monoisotopic (exact) mass is 79.0 g/mol. The summed E-state index contributed by atoms with van der Waals surface area (Å²) in [5.74, 6) is 0. The molecule has 2 N–H and O–H groups in total. The van der Waals surface area contributed by atoms with Crippen molar-refractivity contribution < 1.29 is 20.4 Å². The lowest BCUT2D eigenvalue weighted by atomic mass is 11.4. The lowest BCUT2D eigenvalue weighted by Gasteiger charge is -2.04. The second-order valence-corrected chi connectivity index (χ2v) is 0.423. The van der Waals surface area contributed by atoms with E-state index in [1.54, 1.807) is 0 Å². The van der Waals surface area contributed by atoms with Crippen molar-refractivity contribution in [2.24, 2.45) is 0 Å². The molecule has 0 saturated heterocycles. The van der Waals surface area contributed by atoms with Gasteiger partial charge in [0.2, 0.25) is 0 Å². The molecule has 0 radical (unpaired) electrons. The molecular formula is CH3O4-. The number of rotatable bonds is 1. The number of aliphatic hydroxyl groups excluding tert-OH is 1. The molecule has 0 aromatic rings. The van der Waals surface area contributed by atoms with Crippen LogP contribution in [0.25, 0.3) is 0 Å². The van der Waals surface area contributed by atoms with E-state index >= 15 is 0 Å². The normalized spacial score (nSPS) is 9.60. The van der Waals surface area contributed by atoms with E-state index in [0.29, 0.717) is 0 Å². The maximum atomic E-state index is 8.63. The highest BCUT2D eigenvalue weighted by molar-refractivity contribution is 3.81. The molecule has 0 atom stereocenters. The van der Waals surface area contributed by atoms with Gasteiger partial charge in [-0.15, -0.1) is 0 Å². The second kappa shape index (κ2) is 2.10. The molecule has 5 heavy (non-hydrogen) atoms. The summed E-state index contributed by atoms with van der Waals surface area (Å²) >= 11 is 0. The quantitative estimate of drug-likeness (QED) is 0.208. The lowest BCUT2D eigenvalue weighted by molar-refractivity contribution is -0.734. The molecule has 0 saturated carbocycles. The van der Waals surface area contributed by atoms with E-state index in [4.69, 9.17) is 15.5 Å². The highest BCUT2D eigenvalue weighted by Crippen LogP contribution is 1.61. The lowest BCUT2D eigenvalue weighted by Crippen LogP contribution is -2.18. The molecule has 0 aliphatic rings. The first kappa shape index (κ1) is 4.84. The summed E-state index contributed by atoms with van der Waals surface area (Å²) in [6.45, 7) is -2.17. The predicted molar refractivity (Wildman–Crippen MR) is 9.31 cm³/mol. The number of hydrogen-bond acceptors (Lipinski definition) is 4. The van der Waals surface area contributed by atoms with Gasteiger partial charge in [0.1, 0.15) is 0 Å². The van der Waals surface area contributed by atoms with Gasteiger partial charge in [-0.05, 0) is 0 Å². The van der Waals surface area contributed by atoms with Crippen LogP contribution in [-0.2, 0) is 4.89 Å². The zero-order chi connectivity index (χ0) is 4.28. The molecule has 0 amide bonds. The van der Waals surface area contributed by atoms with Crippen molar-refractivity contribution >= 4 is 0 Å². The summed E-state index contributed by atoms with van der Waals surface area (Å²) < 4.78 is 0. The third-order valence-electron chi connectivity index (χ3n) is 0.0861. The van der Waals surface area contributed by atoms with E-state index in [9.17, 15) is 0 Å². The van der Waals surface area contributed by atoms with Crippen LogP contribution in [0.3, 0.4) is 0 Å². The van der Waals surface area contributed by atoms with Gasteiger partial charge >= 0.3 is 0 Å². The molecule has 0 aromatic carbocycles. The van der Waals surface area contributed by atoms with Crippen LogP contribution in [0.2, 0.25) is 0 Å². The minimum atomic E-state index is -2.17. The third kappa shape index (κ3) is 3.84. The Morgan fingerprint density at radius 3 is 1.80 bits per heavy atom. The summed E-state index contributed by atoms with van der Waals surface area (Å²) in [6, 6.07) is 0. The van der Waals surface area contributed by atoms with Gasteiger partial charge in [-0.3, -0.25) is 0 Å². The third-order valence-corrected chi connectivity index (χ3v) is 0.0861. The fraction of sp³-hybridized carbons (Fsp3) is 1.00. The maximum Gasteiger partial charge on any atom is 0.257 e. The average Bonchev–Trinajstić information content (AvgIpc) is 1.38. The number of hydrogen-bond donors (Lipinski definition) is 2. The van der Waals surface area contributed by atoms with Crippen LogP contribution in [-0.4, -0.2) is 16.7 Å². The molecule has 4 nitrogen and oxygen atoms in total. The predicted octanol–water partition coefficient (Wildman–Crippen LogP) is -2.45. The van der Waals surface area contributed by atoms with Gasteiger partial charge in [-0.2, -0.15) is 0 Å². The second-order valence-electron chi connectivity index (χ2n) is 0.423. The van der Waals surface area contributed by atoms with Gasteiger partial charge in [-0.25, -0.2) is 0 Å². The van der Waals surface area contributed by atoms with Crippen molar-refractivity contribution in [1.29, 1.82) is 0 Å². The Balaban J connectivity index is 2.54. The Hall–Kier alpha value is -0.160. The minimum absolute atomic E-state index is 2.17. The van der Waals surface area contributed by atoms with E-state index in [1.165, 1.54) is 0 Å². The van der Waals surface area contributed by atoms with Crippen molar-refractivity contribution in [3.63, 3.8) is 0 Å². The van der Waals surface area contributed by atoms with Gasteiger partial charge in [0.15, 0.2) is 0 Å². The summed E-state index contributed by atoms with van der Waals surface area (Å²) in [5.41, 5.74) is 0. The first-order chi connectivity index (χ1) is 2.27. The largest absolute Gasteiger partial charge is 0.720 e. The molecule has 0 spiro atoms. The van der Waals surface area contributed by atoms with Gasteiger partial charge < -0.3 is 20.4 Å². The van der Waals surface area contributed by atoms with Crippen LogP contribution >= 0.6 is 0 Å². The molecule has 0 fully saturated rings. The van der Waals surface area contributed by atoms with E-state index in [1.807, 2.05) is 0 Å². The van der Waals surface area contributed by atoms with E-state index in [-0.39, 0.29) is 0 Å². The molecular weight excluding hydrogens is 76.0 g/mol. The molecule has 0 aromatic heterocycles. The molecule has 0 bridgehead atoms. The van der Waals surface area contributed by atoms with Crippen molar-refractivity contribution in [3.8, 4) is 0 Å². The molecule has 0 aliphatic carbocycles. The molecule has 32 valence electrons. The fourth-order valence-electron chi connectivity index (χ4n) is 0. The first-order valence-corrected chi connectivity index (χ1v) is 0.919. The van der Waals surface area contributed by atoms with Crippen LogP contribution in [0.15, 0.2) is 0 Å². The zero-order valence-electron chi connectivity index (χ0n) is 2.29.